The minimum absolute atomic E-state index is 0.111. The number of carboxylic acids is 1. The number of unbranched alkanes of at least 4 members (excludes halogenated alkanes) is 2. The van der Waals surface area contributed by atoms with Gasteiger partial charge in [-0.1, -0.05) is 48.9 Å². The predicted molar refractivity (Wildman–Crippen MR) is 127 cm³/mol. The number of hydrogen-bond donors (Lipinski definition) is 2. The average molecular weight is 439 g/mol. The molecule has 0 aromatic heterocycles. The van der Waals surface area contributed by atoms with Crippen molar-refractivity contribution < 1.29 is 19.4 Å². The van der Waals surface area contributed by atoms with Crippen LogP contribution in [0.1, 0.15) is 44.9 Å². The molecule has 3 rings (SSSR count). The van der Waals surface area contributed by atoms with Crippen LogP contribution in [0.2, 0.25) is 0 Å². The van der Waals surface area contributed by atoms with Crippen LogP contribution in [0.5, 0.6) is 5.75 Å². The number of amides is 1. The van der Waals surface area contributed by atoms with Gasteiger partial charge in [-0.2, -0.15) is 0 Å². The van der Waals surface area contributed by atoms with E-state index < -0.39 is 5.97 Å². The predicted octanol–water partition coefficient (Wildman–Crippen LogP) is 4.39. The molecule has 6 heteroatoms. The first kappa shape index (κ1) is 23.8. The maximum atomic E-state index is 12.9. The third-order valence-electron chi connectivity index (χ3n) is 5.82. The number of rotatable bonds is 12. The summed E-state index contributed by atoms with van der Waals surface area (Å²) in [7, 11) is 0. The molecular formula is C26H34N2O4. The van der Waals surface area contributed by atoms with E-state index in [0.29, 0.717) is 25.0 Å². The molecule has 2 N–H and O–H groups in total. The summed E-state index contributed by atoms with van der Waals surface area (Å²) in [5, 5.41) is 14.0. The van der Waals surface area contributed by atoms with E-state index in [0.717, 1.165) is 42.6 Å². The van der Waals surface area contributed by atoms with Crippen LogP contribution in [0.4, 0.5) is 0 Å². The van der Waals surface area contributed by atoms with E-state index in [1.165, 1.54) is 19.3 Å². The van der Waals surface area contributed by atoms with E-state index in [4.69, 9.17) is 9.84 Å². The highest BCUT2D eigenvalue weighted by Crippen LogP contribution is 2.25. The van der Waals surface area contributed by atoms with Crippen LogP contribution in [0, 0.1) is 0 Å². The summed E-state index contributed by atoms with van der Waals surface area (Å²) in [6.07, 6.45) is 7.78. The Morgan fingerprint density at radius 3 is 2.62 bits per heavy atom. The highest BCUT2D eigenvalue weighted by Gasteiger charge is 2.13. The number of fused-ring (bicyclic) bond motifs is 1. The Hall–Kier alpha value is -2.86. The van der Waals surface area contributed by atoms with Gasteiger partial charge < -0.3 is 20.1 Å². The molecule has 1 aliphatic heterocycles. The number of carbonyl (C=O) groups is 2. The van der Waals surface area contributed by atoms with Gasteiger partial charge in [0.15, 0.2) is 0 Å². The van der Waals surface area contributed by atoms with Crippen molar-refractivity contribution in [3.8, 4) is 5.75 Å². The summed E-state index contributed by atoms with van der Waals surface area (Å²) in [4.78, 5) is 26.0. The van der Waals surface area contributed by atoms with Crippen molar-refractivity contribution in [2.75, 3.05) is 32.8 Å². The van der Waals surface area contributed by atoms with E-state index in [1.54, 1.807) is 0 Å². The first-order chi connectivity index (χ1) is 15.6. The summed E-state index contributed by atoms with van der Waals surface area (Å²) in [6, 6.07) is 13.9. The first-order valence-corrected chi connectivity index (χ1v) is 11.7. The first-order valence-electron chi connectivity index (χ1n) is 11.7. The Morgan fingerprint density at radius 1 is 1.03 bits per heavy atom. The molecule has 1 heterocycles. The van der Waals surface area contributed by atoms with E-state index in [2.05, 4.69) is 10.2 Å². The number of benzene rings is 2. The molecule has 0 saturated carbocycles. The second kappa shape index (κ2) is 12.9. The van der Waals surface area contributed by atoms with Gasteiger partial charge in [0, 0.05) is 24.9 Å². The van der Waals surface area contributed by atoms with Crippen molar-refractivity contribution in [1.82, 2.24) is 10.2 Å². The Morgan fingerprint density at radius 2 is 1.81 bits per heavy atom. The van der Waals surface area contributed by atoms with Gasteiger partial charge in [-0.25, -0.2) is 0 Å². The summed E-state index contributed by atoms with van der Waals surface area (Å²) >= 11 is 0. The Bertz CT molecular complexity index is 914. The van der Waals surface area contributed by atoms with Gasteiger partial charge in [0.1, 0.15) is 12.4 Å². The van der Waals surface area contributed by atoms with Crippen LogP contribution in [0.3, 0.4) is 0 Å². The van der Waals surface area contributed by atoms with Gasteiger partial charge in [0.2, 0.25) is 5.91 Å². The Balaban J connectivity index is 1.58. The number of nitrogens with zero attached hydrogens (tertiary/aromatic N) is 1. The molecule has 0 atom stereocenters. The molecule has 32 heavy (non-hydrogen) atoms. The lowest BCUT2D eigenvalue weighted by atomic mass is 10.1. The zero-order valence-corrected chi connectivity index (χ0v) is 18.7. The van der Waals surface area contributed by atoms with E-state index in [-0.39, 0.29) is 18.9 Å². The van der Waals surface area contributed by atoms with E-state index in [9.17, 15) is 9.59 Å². The number of nitrogens with one attached hydrogen (secondary N) is 1. The lowest BCUT2D eigenvalue weighted by Gasteiger charge is -2.26. The number of carbonyl (C=O) groups excluding carboxylic acids is 1. The second-order valence-electron chi connectivity index (χ2n) is 8.29. The molecule has 0 unspecified atom stereocenters. The van der Waals surface area contributed by atoms with Crippen molar-refractivity contribution in [3.63, 3.8) is 0 Å². The molecule has 1 aliphatic rings. The summed E-state index contributed by atoms with van der Waals surface area (Å²) in [5.41, 5.74) is 0.590. The van der Waals surface area contributed by atoms with Crippen LogP contribution < -0.4 is 10.1 Å². The van der Waals surface area contributed by atoms with Crippen LogP contribution in [0.15, 0.2) is 54.1 Å². The largest absolute Gasteiger partial charge is 0.488 e. The topological polar surface area (TPSA) is 78.9 Å². The van der Waals surface area contributed by atoms with Gasteiger partial charge in [-0.3, -0.25) is 9.59 Å². The van der Waals surface area contributed by atoms with Crippen molar-refractivity contribution in [2.45, 2.75) is 44.9 Å². The SMILES string of the molecule is O=C(O)CCCC/C=C(\COc1cccc2ccccc12)C(=O)NCCN1CCCCC1. The number of hydrogen-bond acceptors (Lipinski definition) is 4. The molecule has 2 aromatic rings. The smallest absolute Gasteiger partial charge is 0.303 e. The highest BCUT2D eigenvalue weighted by molar-refractivity contribution is 5.94. The van der Waals surface area contributed by atoms with Gasteiger partial charge >= 0.3 is 5.97 Å². The number of carboxylic acid groups (broad SMARTS) is 1. The number of piperidine rings is 1. The maximum absolute atomic E-state index is 12.9. The zero-order chi connectivity index (χ0) is 22.6. The molecule has 1 fully saturated rings. The van der Waals surface area contributed by atoms with Crippen molar-refractivity contribution >= 4 is 22.6 Å². The standard InChI is InChI=1S/C26H34N2O4/c29-25(30)15-4-1-3-11-22(26(31)27-16-19-28-17-7-2-8-18-28)20-32-24-14-9-12-21-10-5-6-13-23(21)24/h5-6,9-14H,1-4,7-8,15-20H2,(H,27,31)(H,29,30)/b22-11+. The second-order valence-corrected chi connectivity index (χ2v) is 8.29. The van der Waals surface area contributed by atoms with Gasteiger partial charge in [0.05, 0.1) is 5.57 Å². The number of aliphatic carboxylic acids is 1. The molecule has 2 aromatic carbocycles. The lowest BCUT2D eigenvalue weighted by Crippen LogP contribution is -2.38. The van der Waals surface area contributed by atoms with Crippen LogP contribution >= 0.6 is 0 Å². The Kier molecular flexibility index (Phi) is 9.57. The molecular weight excluding hydrogens is 404 g/mol. The molecule has 0 radical (unpaired) electrons. The molecule has 1 saturated heterocycles. The van der Waals surface area contributed by atoms with Crippen LogP contribution in [-0.4, -0.2) is 54.7 Å². The van der Waals surface area contributed by atoms with Crippen LogP contribution in [-0.2, 0) is 9.59 Å². The van der Waals surface area contributed by atoms with E-state index >= 15 is 0 Å². The van der Waals surface area contributed by atoms with Crippen molar-refractivity contribution in [1.29, 1.82) is 0 Å². The van der Waals surface area contributed by atoms with Crippen LogP contribution in [0.25, 0.3) is 10.8 Å². The van der Waals surface area contributed by atoms with Gasteiger partial charge in [-0.05, 0) is 56.6 Å². The Labute approximate surface area is 190 Å². The molecule has 172 valence electrons. The average Bonchev–Trinajstić information content (AvgIpc) is 2.81. The highest BCUT2D eigenvalue weighted by atomic mass is 16.5. The lowest BCUT2D eigenvalue weighted by molar-refractivity contribution is -0.137. The molecule has 0 spiro atoms. The molecule has 0 aliphatic carbocycles. The van der Waals surface area contributed by atoms with Gasteiger partial charge in [-0.15, -0.1) is 0 Å². The summed E-state index contributed by atoms with van der Waals surface area (Å²) < 4.78 is 6.06. The van der Waals surface area contributed by atoms with Crippen molar-refractivity contribution in [2.24, 2.45) is 0 Å². The fraction of sp³-hybridized carbons (Fsp3) is 0.462. The molecule has 6 nitrogen and oxygen atoms in total. The number of likely N-dealkylation sites (tertiary alicyclic amines) is 1. The van der Waals surface area contributed by atoms with Gasteiger partial charge in [0.25, 0.3) is 0 Å². The quantitative estimate of drug-likeness (QED) is 0.380. The molecule has 1 amide bonds. The fourth-order valence-corrected chi connectivity index (χ4v) is 4.02. The normalized spacial score (nSPS) is 14.9. The maximum Gasteiger partial charge on any atom is 0.303 e. The summed E-state index contributed by atoms with van der Waals surface area (Å²) in [5.74, 6) is -0.148. The van der Waals surface area contributed by atoms with Crippen molar-refractivity contribution in [3.05, 3.63) is 54.1 Å². The number of allylic oxidation sites excluding steroid dienone is 1. The minimum Gasteiger partial charge on any atom is -0.488 e. The number of ether oxygens (including phenoxy) is 1. The van der Waals surface area contributed by atoms with E-state index in [1.807, 2.05) is 48.5 Å². The fourth-order valence-electron chi connectivity index (χ4n) is 4.02. The zero-order valence-electron chi connectivity index (χ0n) is 18.7. The monoisotopic (exact) mass is 438 g/mol. The third-order valence-corrected chi connectivity index (χ3v) is 5.82. The minimum atomic E-state index is -0.788. The summed E-state index contributed by atoms with van der Waals surface area (Å²) in [6.45, 7) is 3.87. The third kappa shape index (κ3) is 7.68. The molecule has 0 bridgehead atoms.